The van der Waals surface area contributed by atoms with Crippen molar-refractivity contribution < 1.29 is 14.3 Å². The molecule has 1 atom stereocenters. The molecule has 0 aromatic carbocycles. The van der Waals surface area contributed by atoms with E-state index in [4.69, 9.17) is 9.47 Å². The van der Waals surface area contributed by atoms with Crippen LogP contribution in [-0.4, -0.2) is 62.3 Å². The van der Waals surface area contributed by atoms with E-state index in [1.807, 2.05) is 0 Å². The van der Waals surface area contributed by atoms with Gasteiger partial charge in [0.1, 0.15) is 12.7 Å². The highest BCUT2D eigenvalue weighted by atomic mass is 16.5. The Kier molecular flexibility index (Phi) is 4.70. The van der Waals surface area contributed by atoms with E-state index < -0.39 is 0 Å². The Labute approximate surface area is 112 Å². The Morgan fingerprint density at radius 3 is 3.00 bits per heavy atom. The molecular weight excluding hydrogens is 246 g/mol. The van der Waals surface area contributed by atoms with Crippen LogP contribution in [0.25, 0.3) is 0 Å². The van der Waals surface area contributed by atoms with Crippen LogP contribution in [0.1, 0.15) is 10.4 Å². The van der Waals surface area contributed by atoms with Gasteiger partial charge in [-0.3, -0.25) is 4.79 Å². The maximum absolute atomic E-state index is 11.7. The minimum atomic E-state index is -0.0705. The molecule has 2 heterocycles. The zero-order valence-electron chi connectivity index (χ0n) is 11.3. The van der Waals surface area contributed by atoms with Gasteiger partial charge in [0.05, 0.1) is 12.2 Å². The number of nitrogens with one attached hydrogen (secondary N) is 1. The minimum absolute atomic E-state index is 0.0543. The fourth-order valence-corrected chi connectivity index (χ4v) is 1.76. The fourth-order valence-electron chi connectivity index (χ4n) is 1.76. The molecule has 0 spiro atoms. The van der Waals surface area contributed by atoms with Crippen molar-refractivity contribution in [2.45, 2.75) is 6.10 Å². The van der Waals surface area contributed by atoms with Crippen LogP contribution in [0.2, 0.25) is 0 Å². The summed E-state index contributed by atoms with van der Waals surface area (Å²) in [7, 11) is 3.42. The van der Waals surface area contributed by atoms with Crippen LogP contribution in [0.5, 0.6) is 5.88 Å². The lowest BCUT2D eigenvalue weighted by molar-refractivity contribution is -0.000748. The van der Waals surface area contributed by atoms with E-state index in [9.17, 15) is 4.79 Å². The molecule has 19 heavy (non-hydrogen) atoms. The first-order chi connectivity index (χ1) is 9.16. The lowest BCUT2D eigenvalue weighted by atomic mass is 10.2. The first kappa shape index (κ1) is 13.8. The Hall–Kier alpha value is -1.66. The van der Waals surface area contributed by atoms with Crippen molar-refractivity contribution in [3.63, 3.8) is 0 Å². The smallest absolute Gasteiger partial charge is 0.254 e. The number of nitrogens with zero attached hydrogens (tertiary/aromatic N) is 2. The van der Waals surface area contributed by atoms with Gasteiger partial charge in [-0.1, -0.05) is 0 Å². The lowest BCUT2D eigenvalue weighted by Gasteiger charge is -2.23. The number of pyridine rings is 1. The average Bonchev–Trinajstić information content (AvgIpc) is 2.46. The van der Waals surface area contributed by atoms with Gasteiger partial charge in [-0.05, 0) is 6.07 Å². The molecule has 0 saturated carbocycles. The number of morpholine rings is 1. The van der Waals surface area contributed by atoms with Crippen LogP contribution < -0.4 is 10.1 Å². The van der Waals surface area contributed by atoms with Crippen LogP contribution in [0.4, 0.5) is 0 Å². The van der Waals surface area contributed by atoms with Crippen molar-refractivity contribution in [2.24, 2.45) is 0 Å². The molecule has 2 rings (SSSR count). The minimum Gasteiger partial charge on any atom is -0.475 e. The predicted molar refractivity (Wildman–Crippen MR) is 70.4 cm³/mol. The Morgan fingerprint density at radius 2 is 2.42 bits per heavy atom. The number of carbonyl (C=O) groups is 1. The molecule has 1 saturated heterocycles. The van der Waals surface area contributed by atoms with Crippen molar-refractivity contribution in [3.05, 3.63) is 23.9 Å². The van der Waals surface area contributed by atoms with Gasteiger partial charge < -0.3 is 19.7 Å². The highest BCUT2D eigenvalue weighted by molar-refractivity contribution is 5.93. The van der Waals surface area contributed by atoms with E-state index in [-0.39, 0.29) is 12.0 Å². The summed E-state index contributed by atoms with van der Waals surface area (Å²) in [6.07, 6.45) is 1.58. The number of amides is 1. The molecule has 6 heteroatoms. The van der Waals surface area contributed by atoms with Gasteiger partial charge in [0.2, 0.25) is 5.88 Å². The average molecular weight is 265 g/mol. The molecule has 1 aromatic rings. The van der Waals surface area contributed by atoms with Crippen molar-refractivity contribution in [2.75, 3.05) is 40.4 Å². The number of hydrogen-bond acceptors (Lipinski definition) is 5. The summed E-state index contributed by atoms with van der Waals surface area (Å²) < 4.78 is 11.1. The maximum Gasteiger partial charge on any atom is 0.254 e. The molecule has 0 aliphatic carbocycles. The summed E-state index contributed by atoms with van der Waals surface area (Å²) in [5, 5.41) is 3.23. The number of ether oxygens (including phenoxy) is 2. The highest BCUT2D eigenvalue weighted by Gasteiger charge is 2.14. The van der Waals surface area contributed by atoms with Crippen molar-refractivity contribution in [1.82, 2.24) is 15.2 Å². The SMILES string of the molecule is CN(C)C(=O)c1ccc(OCC2CNCCO2)nc1. The highest BCUT2D eigenvalue weighted by Crippen LogP contribution is 2.10. The standard InChI is InChI=1S/C13H19N3O3/c1-16(2)13(17)10-3-4-12(15-7-10)19-9-11-8-14-5-6-18-11/h3-4,7,11,14H,5-6,8-9H2,1-2H3. The van der Waals surface area contributed by atoms with Gasteiger partial charge in [0, 0.05) is 39.4 Å². The summed E-state index contributed by atoms with van der Waals surface area (Å²) in [5.41, 5.74) is 0.549. The van der Waals surface area contributed by atoms with Gasteiger partial charge in [-0.2, -0.15) is 0 Å². The Bertz CT molecular complexity index is 414. The molecule has 1 fully saturated rings. The van der Waals surface area contributed by atoms with Crippen molar-refractivity contribution >= 4 is 5.91 Å². The second-order valence-electron chi connectivity index (χ2n) is 4.59. The second-order valence-corrected chi connectivity index (χ2v) is 4.59. The van der Waals surface area contributed by atoms with Crippen LogP contribution >= 0.6 is 0 Å². The molecule has 0 radical (unpaired) electrons. The Balaban J connectivity index is 1.86. The van der Waals surface area contributed by atoms with E-state index in [2.05, 4.69) is 10.3 Å². The van der Waals surface area contributed by atoms with Gasteiger partial charge in [-0.25, -0.2) is 4.98 Å². The summed E-state index contributed by atoms with van der Waals surface area (Å²) in [4.78, 5) is 17.3. The summed E-state index contributed by atoms with van der Waals surface area (Å²) in [5.74, 6) is 0.434. The van der Waals surface area contributed by atoms with E-state index in [1.165, 1.54) is 11.1 Å². The van der Waals surface area contributed by atoms with E-state index in [0.29, 0.717) is 24.7 Å². The summed E-state index contributed by atoms with van der Waals surface area (Å²) in [6, 6.07) is 3.41. The third-order valence-electron chi connectivity index (χ3n) is 2.81. The topological polar surface area (TPSA) is 63.7 Å². The first-order valence-electron chi connectivity index (χ1n) is 6.29. The number of aromatic nitrogens is 1. The zero-order chi connectivity index (χ0) is 13.7. The maximum atomic E-state index is 11.7. The number of rotatable bonds is 4. The van der Waals surface area contributed by atoms with Crippen molar-refractivity contribution in [1.29, 1.82) is 0 Å². The third-order valence-corrected chi connectivity index (χ3v) is 2.81. The molecule has 1 aromatic heterocycles. The third kappa shape index (κ3) is 3.90. The molecule has 104 valence electrons. The van der Waals surface area contributed by atoms with Crippen LogP contribution in [0, 0.1) is 0 Å². The largest absolute Gasteiger partial charge is 0.475 e. The number of hydrogen-bond donors (Lipinski definition) is 1. The number of carbonyl (C=O) groups excluding carboxylic acids is 1. The van der Waals surface area contributed by atoms with Crippen LogP contribution in [0.3, 0.4) is 0 Å². The summed E-state index contributed by atoms with van der Waals surface area (Å²) in [6.45, 7) is 2.84. The molecule has 1 aliphatic rings. The van der Waals surface area contributed by atoms with E-state index >= 15 is 0 Å². The quantitative estimate of drug-likeness (QED) is 0.839. The summed E-state index contributed by atoms with van der Waals surface area (Å²) >= 11 is 0. The van der Waals surface area contributed by atoms with Crippen molar-refractivity contribution in [3.8, 4) is 5.88 Å². The fraction of sp³-hybridized carbons (Fsp3) is 0.538. The molecule has 6 nitrogen and oxygen atoms in total. The molecular formula is C13H19N3O3. The van der Waals surface area contributed by atoms with E-state index in [0.717, 1.165) is 13.1 Å². The molecule has 1 N–H and O–H groups in total. The molecule has 1 amide bonds. The molecule has 1 aliphatic heterocycles. The van der Waals surface area contributed by atoms with Gasteiger partial charge in [0.25, 0.3) is 5.91 Å². The normalized spacial score (nSPS) is 18.9. The lowest BCUT2D eigenvalue weighted by Crippen LogP contribution is -2.41. The Morgan fingerprint density at radius 1 is 1.58 bits per heavy atom. The van der Waals surface area contributed by atoms with Gasteiger partial charge in [-0.15, -0.1) is 0 Å². The van der Waals surface area contributed by atoms with Gasteiger partial charge in [0.15, 0.2) is 0 Å². The zero-order valence-corrected chi connectivity index (χ0v) is 11.3. The second kappa shape index (κ2) is 6.49. The predicted octanol–water partition coefficient (Wildman–Crippen LogP) is 0.151. The first-order valence-corrected chi connectivity index (χ1v) is 6.29. The molecule has 0 bridgehead atoms. The van der Waals surface area contributed by atoms with Crippen LogP contribution in [0.15, 0.2) is 18.3 Å². The van der Waals surface area contributed by atoms with E-state index in [1.54, 1.807) is 26.2 Å². The van der Waals surface area contributed by atoms with Crippen LogP contribution in [-0.2, 0) is 4.74 Å². The monoisotopic (exact) mass is 265 g/mol. The molecule has 1 unspecified atom stereocenters. The van der Waals surface area contributed by atoms with Gasteiger partial charge >= 0.3 is 0 Å².